The van der Waals surface area contributed by atoms with E-state index in [1.54, 1.807) is 0 Å². The Hall–Kier alpha value is 0. The molecule has 0 spiro atoms. The Morgan fingerprint density at radius 2 is 1.11 bits per heavy atom. The summed E-state index contributed by atoms with van der Waals surface area (Å²) in [5.74, 6) is 1.10. The molecule has 0 amide bonds. The Morgan fingerprint density at radius 1 is 0.667 bits per heavy atom. The quantitative estimate of drug-likeness (QED) is 0.486. The average Bonchev–Trinajstić information content (AvgIpc) is 2.46. The van der Waals surface area contributed by atoms with Crippen LogP contribution in [0.2, 0.25) is 0 Å². The van der Waals surface area contributed by atoms with Crippen molar-refractivity contribution in [2.24, 2.45) is 5.92 Å². The van der Waals surface area contributed by atoms with Crippen molar-refractivity contribution in [2.45, 2.75) is 113 Å². The van der Waals surface area contributed by atoms with Gasteiger partial charge in [0.05, 0.1) is 0 Å². The van der Waals surface area contributed by atoms with Crippen molar-refractivity contribution in [3.8, 4) is 0 Å². The molecule has 0 heteroatoms. The van der Waals surface area contributed by atoms with Gasteiger partial charge >= 0.3 is 0 Å². The SMILES string of the molecule is CC.CC.CCCC1CCCCC1.CCCCC. The van der Waals surface area contributed by atoms with Crippen LogP contribution in [0, 0.1) is 5.92 Å². The van der Waals surface area contributed by atoms with E-state index in [0.29, 0.717) is 0 Å². The second kappa shape index (κ2) is 25.8. The predicted molar refractivity (Wildman–Crippen MR) is 89.4 cm³/mol. The maximum absolute atomic E-state index is 2.30. The average molecular weight is 259 g/mol. The normalized spacial score (nSPS) is 14.2. The van der Waals surface area contributed by atoms with Gasteiger partial charge < -0.3 is 0 Å². The lowest BCUT2D eigenvalue weighted by Gasteiger charge is -2.20. The molecule has 0 unspecified atom stereocenters. The number of hydrogen-bond donors (Lipinski definition) is 0. The number of hydrogen-bond acceptors (Lipinski definition) is 0. The molecule has 0 radical (unpaired) electrons. The molecule has 0 N–H and O–H groups in total. The molecule has 0 saturated heterocycles. The Kier molecular flexibility index (Phi) is 33.1. The van der Waals surface area contributed by atoms with Crippen molar-refractivity contribution in [3.05, 3.63) is 0 Å². The first-order valence-corrected chi connectivity index (χ1v) is 8.85. The maximum atomic E-state index is 2.30. The van der Waals surface area contributed by atoms with Crippen molar-refractivity contribution < 1.29 is 0 Å². The zero-order valence-electron chi connectivity index (χ0n) is 14.6. The summed E-state index contributed by atoms with van der Waals surface area (Å²) in [4.78, 5) is 0. The molecule has 0 atom stereocenters. The largest absolute Gasteiger partial charge is 0.0683 e. The molecule has 1 aliphatic carbocycles. The smallest absolute Gasteiger partial charge is 0.0414 e. The first-order chi connectivity index (χ1) is 8.85. The highest BCUT2D eigenvalue weighted by atomic mass is 14.2. The molecule has 0 aliphatic heterocycles. The van der Waals surface area contributed by atoms with Gasteiger partial charge in [0.15, 0.2) is 0 Å². The summed E-state index contributed by atoms with van der Waals surface area (Å²) in [6.45, 7) is 14.7. The molecule has 0 bridgehead atoms. The van der Waals surface area contributed by atoms with Gasteiger partial charge in [0, 0.05) is 0 Å². The van der Waals surface area contributed by atoms with Gasteiger partial charge in [0.2, 0.25) is 0 Å². The summed E-state index contributed by atoms with van der Waals surface area (Å²) in [5.41, 5.74) is 0. The molecule has 0 aromatic heterocycles. The summed E-state index contributed by atoms with van der Waals surface area (Å²) < 4.78 is 0. The standard InChI is InChI=1S/C9H18.C5H12.2C2H6/c1-2-6-9-7-4-3-5-8-9;1-3-5-4-2;2*1-2/h9H,2-8H2,1H3;3-5H2,1-2H3;2*1-2H3. The Labute approximate surface area is 119 Å². The maximum Gasteiger partial charge on any atom is -0.0414 e. The van der Waals surface area contributed by atoms with E-state index in [-0.39, 0.29) is 0 Å². The van der Waals surface area contributed by atoms with E-state index >= 15 is 0 Å². The van der Waals surface area contributed by atoms with Crippen LogP contribution in [0.15, 0.2) is 0 Å². The van der Waals surface area contributed by atoms with Gasteiger partial charge in [0.25, 0.3) is 0 Å². The van der Waals surface area contributed by atoms with E-state index in [2.05, 4.69) is 20.8 Å². The van der Waals surface area contributed by atoms with Gasteiger partial charge in [-0.1, -0.05) is 113 Å². The van der Waals surface area contributed by atoms with Gasteiger partial charge in [0.1, 0.15) is 0 Å². The lowest BCUT2D eigenvalue weighted by Crippen LogP contribution is -2.04. The van der Waals surface area contributed by atoms with Crippen molar-refractivity contribution in [3.63, 3.8) is 0 Å². The fraction of sp³-hybridized carbons (Fsp3) is 1.00. The van der Waals surface area contributed by atoms with Crippen molar-refractivity contribution in [1.29, 1.82) is 0 Å². The molecule has 1 saturated carbocycles. The molecule has 18 heavy (non-hydrogen) atoms. The van der Waals surface area contributed by atoms with Gasteiger partial charge in [-0.15, -0.1) is 0 Å². The summed E-state index contributed by atoms with van der Waals surface area (Å²) in [6.07, 6.45) is 14.5. The van der Waals surface area contributed by atoms with Crippen LogP contribution >= 0.6 is 0 Å². The lowest BCUT2D eigenvalue weighted by atomic mass is 9.86. The fourth-order valence-electron chi connectivity index (χ4n) is 2.24. The summed E-state index contributed by atoms with van der Waals surface area (Å²) >= 11 is 0. The third kappa shape index (κ3) is 21.3. The summed E-state index contributed by atoms with van der Waals surface area (Å²) in [5, 5.41) is 0. The number of rotatable bonds is 4. The van der Waals surface area contributed by atoms with Crippen LogP contribution < -0.4 is 0 Å². The molecular formula is C18H42. The molecule has 1 fully saturated rings. The van der Waals surface area contributed by atoms with Crippen molar-refractivity contribution in [1.82, 2.24) is 0 Å². The first kappa shape index (κ1) is 23.1. The fourth-order valence-corrected chi connectivity index (χ4v) is 2.24. The molecule has 1 aliphatic rings. The van der Waals surface area contributed by atoms with Crippen molar-refractivity contribution >= 4 is 0 Å². The molecular weight excluding hydrogens is 216 g/mol. The zero-order chi connectivity index (χ0) is 14.6. The second-order valence-corrected chi connectivity index (χ2v) is 4.65. The summed E-state index contributed by atoms with van der Waals surface area (Å²) in [7, 11) is 0. The lowest BCUT2D eigenvalue weighted by molar-refractivity contribution is 0.336. The summed E-state index contributed by atoms with van der Waals surface area (Å²) in [6, 6.07) is 0. The van der Waals surface area contributed by atoms with Crippen molar-refractivity contribution in [2.75, 3.05) is 0 Å². The molecule has 0 heterocycles. The first-order valence-electron chi connectivity index (χ1n) is 8.85. The molecule has 114 valence electrons. The van der Waals surface area contributed by atoms with Crippen LogP contribution in [0.1, 0.15) is 113 Å². The minimum Gasteiger partial charge on any atom is -0.0683 e. The molecule has 0 aromatic rings. The van der Waals surface area contributed by atoms with Crippen LogP contribution in [0.5, 0.6) is 0 Å². The topological polar surface area (TPSA) is 0 Å². The Morgan fingerprint density at radius 3 is 1.39 bits per heavy atom. The van der Waals surface area contributed by atoms with Crippen LogP contribution in [0.4, 0.5) is 0 Å². The Bertz CT molecular complexity index is 85.5. The van der Waals surface area contributed by atoms with E-state index in [1.807, 2.05) is 27.7 Å². The van der Waals surface area contributed by atoms with E-state index < -0.39 is 0 Å². The molecule has 1 rings (SSSR count). The van der Waals surface area contributed by atoms with Gasteiger partial charge in [-0.25, -0.2) is 0 Å². The van der Waals surface area contributed by atoms with E-state index in [9.17, 15) is 0 Å². The Balaban J connectivity index is -0.000000215. The van der Waals surface area contributed by atoms with E-state index in [4.69, 9.17) is 0 Å². The van der Waals surface area contributed by atoms with Gasteiger partial charge in [-0.3, -0.25) is 0 Å². The van der Waals surface area contributed by atoms with Crippen LogP contribution in [-0.4, -0.2) is 0 Å². The van der Waals surface area contributed by atoms with E-state index in [0.717, 1.165) is 5.92 Å². The van der Waals surface area contributed by atoms with E-state index in [1.165, 1.54) is 64.2 Å². The third-order valence-electron chi connectivity index (χ3n) is 3.13. The third-order valence-corrected chi connectivity index (χ3v) is 3.13. The molecule has 0 aromatic carbocycles. The highest BCUT2D eigenvalue weighted by molar-refractivity contribution is 4.64. The number of unbranched alkanes of at least 4 members (excludes halogenated alkanes) is 2. The van der Waals surface area contributed by atoms with Gasteiger partial charge in [-0.05, 0) is 5.92 Å². The monoisotopic (exact) mass is 258 g/mol. The molecule has 0 nitrogen and oxygen atoms in total. The van der Waals surface area contributed by atoms with Gasteiger partial charge in [-0.2, -0.15) is 0 Å². The van der Waals surface area contributed by atoms with Crippen LogP contribution in [0.25, 0.3) is 0 Å². The van der Waals surface area contributed by atoms with Crippen LogP contribution in [0.3, 0.4) is 0 Å². The predicted octanol–water partition coefficient (Wildman–Crippen LogP) is 7.62. The second-order valence-electron chi connectivity index (χ2n) is 4.65. The highest BCUT2D eigenvalue weighted by Gasteiger charge is 2.10. The minimum absolute atomic E-state index is 1.10. The zero-order valence-corrected chi connectivity index (χ0v) is 14.6. The highest BCUT2D eigenvalue weighted by Crippen LogP contribution is 2.26. The minimum atomic E-state index is 1.10. The van der Waals surface area contributed by atoms with Crippen LogP contribution in [-0.2, 0) is 0 Å².